The van der Waals surface area contributed by atoms with Crippen molar-refractivity contribution in [3.05, 3.63) is 0 Å². The maximum Gasteiger partial charge on any atom is 0.00683 e. The van der Waals surface area contributed by atoms with Crippen LogP contribution in [0.25, 0.3) is 0 Å². The van der Waals surface area contributed by atoms with Gasteiger partial charge in [0.05, 0.1) is 0 Å². The lowest BCUT2D eigenvalue weighted by Crippen LogP contribution is -2.30. The zero-order valence-electron chi connectivity index (χ0n) is 11.3. The SMILES string of the molecule is C1CCCC(C2CCCC2CNC2CC2)CC1. The molecule has 0 heterocycles. The predicted molar refractivity (Wildman–Crippen MR) is 73.0 cm³/mol. The zero-order chi connectivity index (χ0) is 11.5. The van der Waals surface area contributed by atoms with Gasteiger partial charge in [0.2, 0.25) is 0 Å². The minimum absolute atomic E-state index is 0.908. The summed E-state index contributed by atoms with van der Waals surface area (Å²) in [5, 5.41) is 3.78. The van der Waals surface area contributed by atoms with Crippen LogP contribution in [0.4, 0.5) is 0 Å². The molecule has 17 heavy (non-hydrogen) atoms. The molecule has 3 fully saturated rings. The first kappa shape index (κ1) is 12.0. The summed E-state index contributed by atoms with van der Waals surface area (Å²) in [5.74, 6) is 3.20. The summed E-state index contributed by atoms with van der Waals surface area (Å²) in [5.41, 5.74) is 0. The molecule has 98 valence electrons. The van der Waals surface area contributed by atoms with E-state index in [9.17, 15) is 0 Å². The summed E-state index contributed by atoms with van der Waals surface area (Å²) in [6, 6.07) is 0.908. The summed E-state index contributed by atoms with van der Waals surface area (Å²) in [6.07, 6.45) is 16.6. The highest BCUT2D eigenvalue weighted by molar-refractivity contribution is 4.88. The molecule has 0 aromatic rings. The molecule has 0 bridgehead atoms. The minimum Gasteiger partial charge on any atom is -0.314 e. The largest absolute Gasteiger partial charge is 0.314 e. The third-order valence-corrected chi connectivity index (χ3v) is 5.47. The third-order valence-electron chi connectivity index (χ3n) is 5.47. The van der Waals surface area contributed by atoms with Gasteiger partial charge in [-0.1, -0.05) is 44.9 Å². The van der Waals surface area contributed by atoms with Crippen LogP contribution in [0.2, 0.25) is 0 Å². The molecule has 3 saturated carbocycles. The molecule has 3 rings (SSSR count). The molecular weight excluding hydrogens is 206 g/mol. The summed E-state index contributed by atoms with van der Waals surface area (Å²) in [7, 11) is 0. The Bertz CT molecular complexity index is 226. The molecule has 0 aliphatic heterocycles. The van der Waals surface area contributed by atoms with Crippen molar-refractivity contribution in [2.45, 2.75) is 76.7 Å². The second-order valence-corrected chi connectivity index (χ2v) is 6.79. The van der Waals surface area contributed by atoms with Gasteiger partial charge in [0, 0.05) is 6.04 Å². The Morgan fingerprint density at radius 2 is 1.47 bits per heavy atom. The summed E-state index contributed by atoms with van der Waals surface area (Å²) >= 11 is 0. The maximum absolute atomic E-state index is 3.78. The molecule has 0 aromatic heterocycles. The van der Waals surface area contributed by atoms with Gasteiger partial charge in [-0.25, -0.2) is 0 Å². The molecule has 1 nitrogen and oxygen atoms in total. The van der Waals surface area contributed by atoms with Crippen LogP contribution in [0, 0.1) is 17.8 Å². The van der Waals surface area contributed by atoms with Crippen molar-refractivity contribution < 1.29 is 0 Å². The maximum atomic E-state index is 3.78. The van der Waals surface area contributed by atoms with Crippen molar-refractivity contribution in [2.75, 3.05) is 6.54 Å². The van der Waals surface area contributed by atoms with Crippen LogP contribution in [-0.4, -0.2) is 12.6 Å². The Labute approximate surface area is 107 Å². The molecule has 2 unspecified atom stereocenters. The van der Waals surface area contributed by atoms with E-state index in [2.05, 4.69) is 5.32 Å². The van der Waals surface area contributed by atoms with E-state index in [4.69, 9.17) is 0 Å². The van der Waals surface area contributed by atoms with Gasteiger partial charge in [-0.2, -0.15) is 0 Å². The molecule has 0 saturated heterocycles. The lowest BCUT2D eigenvalue weighted by atomic mass is 9.79. The fourth-order valence-corrected chi connectivity index (χ4v) is 4.28. The van der Waals surface area contributed by atoms with E-state index in [1.807, 2.05) is 0 Å². The Morgan fingerprint density at radius 1 is 0.706 bits per heavy atom. The molecular formula is C16H29N. The van der Waals surface area contributed by atoms with Crippen molar-refractivity contribution in [3.63, 3.8) is 0 Å². The van der Waals surface area contributed by atoms with Crippen molar-refractivity contribution in [2.24, 2.45) is 17.8 Å². The summed E-state index contributed by atoms with van der Waals surface area (Å²) < 4.78 is 0. The van der Waals surface area contributed by atoms with Crippen LogP contribution in [0.5, 0.6) is 0 Å². The van der Waals surface area contributed by atoms with Crippen molar-refractivity contribution in [1.29, 1.82) is 0 Å². The number of hydrogen-bond donors (Lipinski definition) is 1. The van der Waals surface area contributed by atoms with Crippen LogP contribution in [0.15, 0.2) is 0 Å². The van der Waals surface area contributed by atoms with Gasteiger partial charge < -0.3 is 5.32 Å². The zero-order valence-corrected chi connectivity index (χ0v) is 11.3. The first-order valence-electron chi connectivity index (χ1n) is 8.17. The Hall–Kier alpha value is -0.0400. The molecule has 0 amide bonds. The van der Waals surface area contributed by atoms with E-state index in [0.29, 0.717) is 0 Å². The lowest BCUT2D eigenvalue weighted by Gasteiger charge is -2.28. The minimum atomic E-state index is 0.908. The highest BCUT2D eigenvalue weighted by Gasteiger charge is 2.34. The van der Waals surface area contributed by atoms with Gasteiger partial charge in [0.15, 0.2) is 0 Å². The van der Waals surface area contributed by atoms with Gasteiger partial charge in [0.1, 0.15) is 0 Å². The smallest absolute Gasteiger partial charge is 0.00683 e. The van der Waals surface area contributed by atoms with Crippen LogP contribution in [0.1, 0.15) is 70.6 Å². The molecule has 1 N–H and O–H groups in total. The quantitative estimate of drug-likeness (QED) is 0.723. The average molecular weight is 235 g/mol. The standard InChI is InChI=1S/C16H29N/c1-2-4-7-13(6-3-1)16-9-5-8-14(16)12-17-15-10-11-15/h13-17H,1-12H2. The molecule has 0 aromatic carbocycles. The van der Waals surface area contributed by atoms with Crippen molar-refractivity contribution in [3.8, 4) is 0 Å². The molecule has 3 aliphatic rings. The van der Waals surface area contributed by atoms with Crippen LogP contribution < -0.4 is 5.32 Å². The highest BCUT2D eigenvalue weighted by atomic mass is 14.9. The van der Waals surface area contributed by atoms with E-state index < -0.39 is 0 Å². The predicted octanol–water partition coefficient (Wildman–Crippen LogP) is 4.13. The third kappa shape index (κ3) is 3.24. The summed E-state index contributed by atoms with van der Waals surface area (Å²) in [6.45, 7) is 1.34. The number of rotatable bonds is 4. The lowest BCUT2D eigenvalue weighted by molar-refractivity contribution is 0.231. The molecule has 1 heteroatoms. The first-order chi connectivity index (χ1) is 8.43. The normalized spacial score (nSPS) is 36.0. The highest BCUT2D eigenvalue weighted by Crippen LogP contribution is 2.42. The van der Waals surface area contributed by atoms with Crippen LogP contribution >= 0.6 is 0 Å². The molecule has 0 spiro atoms. The Morgan fingerprint density at radius 3 is 2.18 bits per heavy atom. The fourth-order valence-electron chi connectivity index (χ4n) is 4.28. The van der Waals surface area contributed by atoms with Crippen LogP contribution in [-0.2, 0) is 0 Å². The topological polar surface area (TPSA) is 12.0 Å². The van der Waals surface area contributed by atoms with Gasteiger partial charge >= 0.3 is 0 Å². The van der Waals surface area contributed by atoms with Gasteiger partial charge in [0.25, 0.3) is 0 Å². The second-order valence-electron chi connectivity index (χ2n) is 6.79. The van der Waals surface area contributed by atoms with Gasteiger partial charge in [-0.3, -0.25) is 0 Å². The molecule has 2 atom stereocenters. The monoisotopic (exact) mass is 235 g/mol. The average Bonchev–Trinajstić information content (AvgIpc) is 3.11. The Kier molecular flexibility index (Phi) is 4.05. The van der Waals surface area contributed by atoms with E-state index in [1.165, 1.54) is 57.9 Å². The number of nitrogens with one attached hydrogen (secondary N) is 1. The summed E-state index contributed by atoms with van der Waals surface area (Å²) in [4.78, 5) is 0. The Balaban J connectivity index is 1.51. The molecule has 0 radical (unpaired) electrons. The second kappa shape index (κ2) is 5.73. The van der Waals surface area contributed by atoms with E-state index >= 15 is 0 Å². The van der Waals surface area contributed by atoms with E-state index in [1.54, 1.807) is 19.3 Å². The van der Waals surface area contributed by atoms with E-state index in [0.717, 1.165) is 23.8 Å². The van der Waals surface area contributed by atoms with Crippen molar-refractivity contribution in [1.82, 2.24) is 5.32 Å². The van der Waals surface area contributed by atoms with Gasteiger partial charge in [-0.15, -0.1) is 0 Å². The van der Waals surface area contributed by atoms with Crippen LogP contribution in [0.3, 0.4) is 0 Å². The fraction of sp³-hybridized carbons (Fsp3) is 1.00. The number of hydrogen-bond acceptors (Lipinski definition) is 1. The molecule has 3 aliphatic carbocycles. The van der Waals surface area contributed by atoms with Crippen molar-refractivity contribution >= 4 is 0 Å². The first-order valence-corrected chi connectivity index (χ1v) is 8.17. The van der Waals surface area contributed by atoms with Gasteiger partial charge in [-0.05, 0) is 50.0 Å². The van der Waals surface area contributed by atoms with E-state index in [-0.39, 0.29) is 0 Å².